The fourth-order valence-electron chi connectivity index (χ4n) is 2.93. The van der Waals surface area contributed by atoms with Crippen LogP contribution in [0.4, 0.5) is 17.1 Å². The van der Waals surface area contributed by atoms with Crippen molar-refractivity contribution in [1.82, 2.24) is 4.98 Å². The summed E-state index contributed by atoms with van der Waals surface area (Å²) in [4.78, 5) is 14.9. The lowest BCUT2D eigenvalue weighted by Crippen LogP contribution is -1.98. The second-order valence-electron chi connectivity index (χ2n) is 6.21. The molecule has 3 aromatic carbocycles. The van der Waals surface area contributed by atoms with Gasteiger partial charge in [-0.05, 0) is 42.0 Å². The van der Waals surface area contributed by atoms with E-state index in [9.17, 15) is 10.1 Å². The predicted octanol–water partition coefficient (Wildman–Crippen LogP) is 5.47. The molecule has 1 aromatic heterocycles. The van der Waals surface area contributed by atoms with Crippen molar-refractivity contribution in [2.24, 2.45) is 0 Å². The summed E-state index contributed by atoms with van der Waals surface area (Å²) < 4.78 is 5.99. The fraction of sp³-hybridized carbons (Fsp3) is 0.0455. The van der Waals surface area contributed by atoms with Crippen LogP contribution in [-0.4, -0.2) is 9.91 Å². The Labute approximate surface area is 161 Å². The second-order valence-corrected chi connectivity index (χ2v) is 6.21. The van der Waals surface area contributed by atoms with E-state index < -0.39 is 4.92 Å². The van der Waals surface area contributed by atoms with Crippen LogP contribution >= 0.6 is 0 Å². The van der Waals surface area contributed by atoms with Gasteiger partial charge in [0.25, 0.3) is 5.69 Å². The van der Waals surface area contributed by atoms with Gasteiger partial charge in [0.1, 0.15) is 17.9 Å². The van der Waals surface area contributed by atoms with E-state index in [2.05, 4.69) is 10.3 Å². The largest absolute Gasteiger partial charge is 0.487 e. The fourth-order valence-corrected chi connectivity index (χ4v) is 2.93. The third kappa shape index (κ3) is 3.76. The zero-order valence-electron chi connectivity index (χ0n) is 14.9. The molecule has 28 heavy (non-hydrogen) atoms. The van der Waals surface area contributed by atoms with E-state index in [1.165, 1.54) is 12.1 Å². The number of non-ortho nitro benzene ring substituents is 1. The molecular weight excluding hydrogens is 354 g/mol. The monoisotopic (exact) mass is 371 g/mol. The number of rotatable bonds is 6. The van der Waals surface area contributed by atoms with Gasteiger partial charge in [-0.25, -0.2) is 0 Å². The van der Waals surface area contributed by atoms with Crippen molar-refractivity contribution in [3.8, 4) is 5.75 Å². The van der Waals surface area contributed by atoms with Crippen LogP contribution in [-0.2, 0) is 6.61 Å². The third-order valence-corrected chi connectivity index (χ3v) is 4.33. The smallest absolute Gasteiger partial charge is 0.269 e. The maximum absolute atomic E-state index is 10.8. The van der Waals surface area contributed by atoms with E-state index in [0.29, 0.717) is 12.4 Å². The maximum atomic E-state index is 10.8. The van der Waals surface area contributed by atoms with Crippen molar-refractivity contribution in [1.29, 1.82) is 0 Å². The van der Waals surface area contributed by atoms with E-state index in [1.807, 2.05) is 54.6 Å². The summed E-state index contributed by atoms with van der Waals surface area (Å²) in [5, 5.41) is 15.0. The molecule has 1 heterocycles. The van der Waals surface area contributed by atoms with Crippen molar-refractivity contribution in [3.63, 3.8) is 0 Å². The number of hydrogen-bond acceptors (Lipinski definition) is 5. The van der Waals surface area contributed by atoms with Crippen molar-refractivity contribution in [2.45, 2.75) is 6.61 Å². The van der Waals surface area contributed by atoms with Gasteiger partial charge in [0, 0.05) is 35.1 Å². The number of aromatic nitrogens is 1. The van der Waals surface area contributed by atoms with E-state index in [-0.39, 0.29) is 5.69 Å². The van der Waals surface area contributed by atoms with Crippen LogP contribution < -0.4 is 10.1 Å². The number of hydrogen-bond donors (Lipinski definition) is 1. The molecule has 0 aliphatic heterocycles. The summed E-state index contributed by atoms with van der Waals surface area (Å²) >= 11 is 0. The SMILES string of the molecule is O=[N+]([O-])c1ccc(Nc2ccc(OCc3ccccc3)c3ncccc23)cc1. The second kappa shape index (κ2) is 7.75. The summed E-state index contributed by atoms with van der Waals surface area (Å²) in [5.74, 6) is 0.703. The first-order chi connectivity index (χ1) is 13.7. The Kier molecular flexibility index (Phi) is 4.84. The highest BCUT2D eigenvalue weighted by Crippen LogP contribution is 2.32. The lowest BCUT2D eigenvalue weighted by molar-refractivity contribution is -0.384. The third-order valence-electron chi connectivity index (χ3n) is 4.33. The molecule has 4 rings (SSSR count). The van der Waals surface area contributed by atoms with Crippen LogP contribution in [0.3, 0.4) is 0 Å². The van der Waals surface area contributed by atoms with Crippen LogP contribution in [0.25, 0.3) is 10.9 Å². The normalized spacial score (nSPS) is 10.6. The zero-order chi connectivity index (χ0) is 19.3. The van der Waals surface area contributed by atoms with Gasteiger partial charge in [0.2, 0.25) is 0 Å². The molecule has 0 atom stereocenters. The molecule has 0 radical (unpaired) electrons. The van der Waals surface area contributed by atoms with Gasteiger partial charge < -0.3 is 10.1 Å². The number of nitrogens with zero attached hydrogens (tertiary/aromatic N) is 2. The average Bonchev–Trinajstić information content (AvgIpc) is 2.74. The average molecular weight is 371 g/mol. The van der Waals surface area contributed by atoms with Crippen LogP contribution in [0.2, 0.25) is 0 Å². The van der Waals surface area contributed by atoms with Crippen LogP contribution in [0.5, 0.6) is 5.75 Å². The topological polar surface area (TPSA) is 77.3 Å². The van der Waals surface area contributed by atoms with Gasteiger partial charge in [0.15, 0.2) is 0 Å². The van der Waals surface area contributed by atoms with Gasteiger partial charge >= 0.3 is 0 Å². The molecule has 0 aliphatic rings. The van der Waals surface area contributed by atoms with E-state index in [0.717, 1.165) is 27.8 Å². The number of pyridine rings is 1. The number of nitrogens with one attached hydrogen (secondary N) is 1. The first-order valence-electron chi connectivity index (χ1n) is 8.76. The van der Waals surface area contributed by atoms with Gasteiger partial charge in [-0.2, -0.15) is 0 Å². The molecule has 1 N–H and O–H groups in total. The number of nitro groups is 1. The first-order valence-corrected chi connectivity index (χ1v) is 8.76. The van der Waals surface area contributed by atoms with Gasteiger partial charge in [-0.15, -0.1) is 0 Å². The summed E-state index contributed by atoms with van der Waals surface area (Å²) in [6.45, 7) is 0.460. The van der Waals surface area contributed by atoms with Crippen molar-refractivity contribution >= 4 is 28.0 Å². The predicted molar refractivity (Wildman–Crippen MR) is 109 cm³/mol. The lowest BCUT2D eigenvalue weighted by atomic mass is 10.1. The molecule has 0 saturated heterocycles. The maximum Gasteiger partial charge on any atom is 0.269 e. The van der Waals surface area contributed by atoms with E-state index in [4.69, 9.17) is 4.74 Å². The minimum Gasteiger partial charge on any atom is -0.487 e. The van der Waals surface area contributed by atoms with Crippen molar-refractivity contribution in [2.75, 3.05) is 5.32 Å². The molecule has 0 spiro atoms. The van der Waals surface area contributed by atoms with Crippen molar-refractivity contribution < 1.29 is 9.66 Å². The molecule has 6 heteroatoms. The minimum atomic E-state index is -0.415. The lowest BCUT2D eigenvalue weighted by Gasteiger charge is -2.13. The highest BCUT2D eigenvalue weighted by atomic mass is 16.6. The number of benzene rings is 3. The molecule has 6 nitrogen and oxygen atoms in total. The molecular formula is C22H17N3O3. The Balaban J connectivity index is 1.61. The summed E-state index contributed by atoms with van der Waals surface area (Å²) in [6.07, 6.45) is 1.73. The molecule has 0 aliphatic carbocycles. The minimum absolute atomic E-state index is 0.0572. The Hall–Kier alpha value is -3.93. The summed E-state index contributed by atoms with van der Waals surface area (Å²) in [5.41, 5.74) is 3.50. The van der Waals surface area contributed by atoms with Gasteiger partial charge in [0.05, 0.1) is 4.92 Å². The standard InChI is InChI=1S/C22H17N3O3/c26-25(27)18-10-8-17(9-11-18)24-20-12-13-21(22-19(20)7-4-14-23-22)28-15-16-5-2-1-3-6-16/h1-14,24H,15H2. The molecule has 0 saturated carbocycles. The highest BCUT2D eigenvalue weighted by Gasteiger charge is 2.10. The Bertz CT molecular complexity index is 1110. The van der Waals surface area contributed by atoms with Crippen LogP contribution in [0, 0.1) is 10.1 Å². The van der Waals surface area contributed by atoms with Gasteiger partial charge in [-0.1, -0.05) is 30.3 Å². The first kappa shape index (κ1) is 17.5. The van der Waals surface area contributed by atoms with E-state index >= 15 is 0 Å². The number of ether oxygens (including phenoxy) is 1. The molecule has 0 bridgehead atoms. The zero-order valence-corrected chi connectivity index (χ0v) is 14.9. The molecule has 0 fully saturated rings. The number of nitro benzene ring substituents is 1. The molecule has 4 aromatic rings. The Morgan fingerprint density at radius 1 is 0.929 bits per heavy atom. The molecule has 0 unspecified atom stereocenters. The van der Waals surface area contributed by atoms with Crippen molar-refractivity contribution in [3.05, 3.63) is 101 Å². The number of anilines is 2. The van der Waals surface area contributed by atoms with E-state index in [1.54, 1.807) is 18.3 Å². The van der Waals surface area contributed by atoms with Crippen LogP contribution in [0.15, 0.2) is 85.1 Å². The highest BCUT2D eigenvalue weighted by molar-refractivity contribution is 5.96. The Morgan fingerprint density at radius 3 is 2.46 bits per heavy atom. The summed E-state index contributed by atoms with van der Waals surface area (Å²) in [6, 6.07) is 23.9. The van der Waals surface area contributed by atoms with Gasteiger partial charge in [-0.3, -0.25) is 15.1 Å². The van der Waals surface area contributed by atoms with Crippen LogP contribution in [0.1, 0.15) is 5.56 Å². The quantitative estimate of drug-likeness (QED) is 0.359. The number of fused-ring (bicyclic) bond motifs is 1. The molecule has 138 valence electrons. The molecule has 0 amide bonds. The summed E-state index contributed by atoms with van der Waals surface area (Å²) in [7, 11) is 0. The Morgan fingerprint density at radius 2 is 1.71 bits per heavy atom.